The minimum absolute atomic E-state index is 0.643. The molecule has 0 bridgehead atoms. The van der Waals surface area contributed by atoms with Gasteiger partial charge >= 0.3 is 0 Å². The molecule has 0 amide bonds. The van der Waals surface area contributed by atoms with E-state index in [0.29, 0.717) is 12.4 Å². The topological polar surface area (TPSA) is 59.4 Å². The maximum atomic E-state index is 3.93. The number of hydrogen-bond donors (Lipinski definition) is 1. The average Bonchev–Trinajstić information content (AvgIpc) is 2.89. The Morgan fingerprint density at radius 2 is 2.13 bits per heavy atom. The Kier molecular flexibility index (Phi) is 1.74. The molecule has 0 saturated heterocycles. The summed E-state index contributed by atoms with van der Waals surface area (Å²) in [5.74, 6) is 0.691. The molecule has 0 spiro atoms. The van der Waals surface area contributed by atoms with Gasteiger partial charge in [-0.3, -0.25) is 0 Å². The van der Waals surface area contributed by atoms with Crippen LogP contribution in [0.1, 0.15) is 5.82 Å². The van der Waals surface area contributed by atoms with E-state index in [-0.39, 0.29) is 0 Å². The predicted molar refractivity (Wildman–Crippen MR) is 55.2 cm³/mol. The lowest BCUT2D eigenvalue weighted by Gasteiger charge is -2.00. The fourth-order valence-electron chi connectivity index (χ4n) is 1.68. The van der Waals surface area contributed by atoms with Gasteiger partial charge in [0.1, 0.15) is 0 Å². The summed E-state index contributed by atoms with van der Waals surface area (Å²) in [4.78, 5) is 0. The molecule has 1 N–H and O–H groups in total. The third kappa shape index (κ3) is 1.38. The maximum absolute atomic E-state index is 3.93. The monoisotopic (exact) mass is 199 g/mol. The van der Waals surface area contributed by atoms with Gasteiger partial charge in [-0.2, -0.15) is 5.21 Å². The summed E-state index contributed by atoms with van der Waals surface area (Å²) in [6.07, 6.45) is 2.03. The van der Waals surface area contributed by atoms with Crippen molar-refractivity contribution in [1.29, 1.82) is 0 Å². The van der Waals surface area contributed by atoms with E-state index in [4.69, 9.17) is 0 Å². The summed E-state index contributed by atoms with van der Waals surface area (Å²) < 4.78 is 2.10. The number of para-hydroxylation sites is 1. The van der Waals surface area contributed by atoms with Crippen LogP contribution in [0.15, 0.2) is 36.5 Å². The van der Waals surface area contributed by atoms with Crippen molar-refractivity contribution >= 4 is 10.9 Å². The highest BCUT2D eigenvalue weighted by atomic mass is 15.5. The van der Waals surface area contributed by atoms with Gasteiger partial charge in [-0.05, 0) is 17.5 Å². The van der Waals surface area contributed by atoms with Crippen molar-refractivity contribution in [2.24, 2.45) is 0 Å². The first kappa shape index (κ1) is 8.16. The molecule has 0 aliphatic rings. The molecule has 0 saturated carbocycles. The zero-order valence-corrected chi connectivity index (χ0v) is 7.96. The molecule has 0 fully saturated rings. The van der Waals surface area contributed by atoms with E-state index < -0.39 is 0 Å². The first-order chi connectivity index (χ1) is 7.43. The fourth-order valence-corrected chi connectivity index (χ4v) is 1.68. The maximum Gasteiger partial charge on any atom is 0.194 e. The molecule has 3 rings (SSSR count). The summed E-state index contributed by atoms with van der Waals surface area (Å²) in [5, 5.41) is 15.1. The molecule has 1 aromatic carbocycles. The third-order valence-corrected chi connectivity index (χ3v) is 2.38. The lowest BCUT2D eigenvalue weighted by atomic mass is 10.2. The number of rotatable bonds is 2. The Morgan fingerprint density at radius 1 is 1.20 bits per heavy atom. The van der Waals surface area contributed by atoms with Gasteiger partial charge in [0.25, 0.3) is 0 Å². The van der Waals surface area contributed by atoms with Gasteiger partial charge < -0.3 is 4.57 Å². The van der Waals surface area contributed by atoms with Crippen LogP contribution < -0.4 is 0 Å². The van der Waals surface area contributed by atoms with E-state index in [2.05, 4.69) is 43.4 Å². The van der Waals surface area contributed by atoms with Gasteiger partial charge in [0.2, 0.25) is 0 Å². The molecule has 0 radical (unpaired) electrons. The highest BCUT2D eigenvalue weighted by molar-refractivity contribution is 5.79. The van der Waals surface area contributed by atoms with Crippen LogP contribution in [0, 0.1) is 0 Å². The van der Waals surface area contributed by atoms with Crippen LogP contribution in [0.4, 0.5) is 0 Å². The van der Waals surface area contributed by atoms with E-state index in [1.165, 1.54) is 10.9 Å². The molecular weight excluding hydrogens is 190 g/mol. The van der Waals surface area contributed by atoms with Crippen LogP contribution >= 0.6 is 0 Å². The van der Waals surface area contributed by atoms with Gasteiger partial charge in [-0.25, -0.2) is 0 Å². The highest BCUT2D eigenvalue weighted by Crippen LogP contribution is 2.15. The van der Waals surface area contributed by atoms with E-state index >= 15 is 0 Å². The Hall–Kier alpha value is -2.17. The zero-order valence-electron chi connectivity index (χ0n) is 7.96. The number of aromatic nitrogens is 5. The molecule has 74 valence electrons. The summed E-state index contributed by atoms with van der Waals surface area (Å²) in [7, 11) is 0. The number of benzene rings is 1. The average molecular weight is 199 g/mol. The lowest BCUT2D eigenvalue weighted by molar-refractivity contribution is 0.775. The van der Waals surface area contributed by atoms with Crippen molar-refractivity contribution in [2.45, 2.75) is 6.54 Å². The Balaban J connectivity index is 2.05. The first-order valence-electron chi connectivity index (χ1n) is 4.70. The third-order valence-electron chi connectivity index (χ3n) is 2.38. The first-order valence-corrected chi connectivity index (χ1v) is 4.70. The number of hydrogen-bond acceptors (Lipinski definition) is 3. The Labute approximate surface area is 85.7 Å². The number of tetrazole rings is 1. The molecule has 15 heavy (non-hydrogen) atoms. The Bertz CT molecular complexity index is 566. The number of aromatic amines is 1. The number of nitrogens with zero attached hydrogens (tertiary/aromatic N) is 4. The molecule has 0 aliphatic carbocycles. The second-order valence-corrected chi connectivity index (χ2v) is 3.33. The minimum Gasteiger partial charge on any atom is -0.340 e. The molecule has 5 nitrogen and oxygen atoms in total. The summed E-state index contributed by atoms with van der Waals surface area (Å²) in [5.41, 5.74) is 1.18. The van der Waals surface area contributed by atoms with E-state index in [0.717, 1.165) is 0 Å². The van der Waals surface area contributed by atoms with Crippen molar-refractivity contribution in [3.05, 3.63) is 42.4 Å². The van der Waals surface area contributed by atoms with Gasteiger partial charge in [-0.15, -0.1) is 10.2 Å². The summed E-state index contributed by atoms with van der Waals surface area (Å²) >= 11 is 0. The summed E-state index contributed by atoms with van der Waals surface area (Å²) in [6.45, 7) is 0.643. The van der Waals surface area contributed by atoms with E-state index in [1.807, 2.05) is 18.3 Å². The predicted octanol–water partition coefficient (Wildman–Crippen LogP) is 1.20. The van der Waals surface area contributed by atoms with Crippen LogP contribution in [0.5, 0.6) is 0 Å². The molecule has 3 aromatic rings. The number of fused-ring (bicyclic) bond motifs is 1. The van der Waals surface area contributed by atoms with E-state index in [1.54, 1.807) is 0 Å². The van der Waals surface area contributed by atoms with E-state index in [9.17, 15) is 0 Å². The molecular formula is C10H9N5. The summed E-state index contributed by atoms with van der Waals surface area (Å²) in [6, 6.07) is 10.3. The van der Waals surface area contributed by atoms with Crippen LogP contribution in [-0.4, -0.2) is 25.2 Å². The zero-order chi connectivity index (χ0) is 10.1. The largest absolute Gasteiger partial charge is 0.340 e. The number of H-pyrrole nitrogens is 1. The molecule has 5 heteroatoms. The highest BCUT2D eigenvalue weighted by Gasteiger charge is 2.03. The molecule has 0 atom stereocenters. The van der Waals surface area contributed by atoms with Crippen molar-refractivity contribution in [2.75, 3.05) is 0 Å². The van der Waals surface area contributed by atoms with Crippen molar-refractivity contribution in [3.8, 4) is 0 Å². The van der Waals surface area contributed by atoms with Gasteiger partial charge in [0.05, 0.1) is 6.54 Å². The minimum atomic E-state index is 0.643. The fraction of sp³-hybridized carbons (Fsp3) is 0.100. The second kappa shape index (κ2) is 3.20. The lowest BCUT2D eigenvalue weighted by Crippen LogP contribution is -1.99. The number of nitrogens with one attached hydrogen (secondary N) is 1. The molecule has 0 unspecified atom stereocenters. The van der Waals surface area contributed by atoms with Crippen LogP contribution in [0.25, 0.3) is 10.9 Å². The van der Waals surface area contributed by atoms with Gasteiger partial charge in [0, 0.05) is 11.7 Å². The van der Waals surface area contributed by atoms with Crippen molar-refractivity contribution < 1.29 is 0 Å². The van der Waals surface area contributed by atoms with Crippen LogP contribution in [0.3, 0.4) is 0 Å². The molecule has 2 aromatic heterocycles. The van der Waals surface area contributed by atoms with Crippen LogP contribution in [0.2, 0.25) is 0 Å². The van der Waals surface area contributed by atoms with Gasteiger partial charge in [0.15, 0.2) is 5.82 Å². The van der Waals surface area contributed by atoms with Crippen molar-refractivity contribution in [3.63, 3.8) is 0 Å². The van der Waals surface area contributed by atoms with Crippen LogP contribution in [-0.2, 0) is 6.54 Å². The standard InChI is InChI=1S/C10H9N5/c1-2-4-9-8(3-1)5-6-15(9)7-10-11-13-14-12-10/h1-6H,7H2,(H,11,12,13,14). The Morgan fingerprint density at radius 3 is 3.00 bits per heavy atom. The normalized spacial score (nSPS) is 10.9. The quantitative estimate of drug-likeness (QED) is 0.674. The smallest absolute Gasteiger partial charge is 0.194 e. The van der Waals surface area contributed by atoms with Gasteiger partial charge in [-0.1, -0.05) is 23.4 Å². The second-order valence-electron chi connectivity index (χ2n) is 3.33. The SMILES string of the molecule is c1ccc2c(c1)ccn2Cc1nn[nH]n1. The molecule has 2 heterocycles. The van der Waals surface area contributed by atoms with Crippen molar-refractivity contribution in [1.82, 2.24) is 25.2 Å². The molecule has 0 aliphatic heterocycles.